The number of hydrogen-bond donors (Lipinski definition) is 1. The van der Waals surface area contributed by atoms with Gasteiger partial charge in [-0.1, -0.05) is 30.4 Å². The molecule has 1 aromatic carbocycles. The van der Waals surface area contributed by atoms with Crippen molar-refractivity contribution in [2.75, 3.05) is 5.73 Å². The Bertz CT molecular complexity index is 200. The molecule has 1 rings (SSSR count). The summed E-state index contributed by atoms with van der Waals surface area (Å²) in [5.41, 5.74) is 7.53. The van der Waals surface area contributed by atoms with Crippen LogP contribution < -0.4 is 5.73 Å². The first kappa shape index (κ1) is 10.1. The van der Waals surface area contributed by atoms with E-state index in [1.165, 1.54) is 0 Å². The van der Waals surface area contributed by atoms with Gasteiger partial charge in [0.2, 0.25) is 0 Å². The maximum absolute atomic E-state index is 5.52. The largest absolute Gasteiger partial charge is 0.399 e. The monoisotopic (exact) mass is 167 g/mol. The molecule has 2 N–H and O–H groups in total. The molecule has 0 bridgehead atoms. The molecule has 1 nitrogen and oxygen atoms in total. The number of nitrogens with two attached hydrogens (primary N) is 1. The molecule has 0 heterocycles. The second-order valence-electron chi connectivity index (χ2n) is 2.09. The Labute approximate surface area is 73.2 Å². The van der Waals surface area contributed by atoms with E-state index < -0.39 is 0 Å². The standard InChI is InChI=1S/C7H9N.C2H4S/c1-6-4-2-3-5-7(6)8;1-2-3/h2-5H,8H2,1H3;2H,1H3. The molecular formula is C9H13NS. The Morgan fingerprint density at radius 3 is 2.09 bits per heavy atom. The molecule has 11 heavy (non-hydrogen) atoms. The van der Waals surface area contributed by atoms with Gasteiger partial charge in [0, 0.05) is 5.69 Å². The predicted molar refractivity (Wildman–Crippen MR) is 54.9 cm³/mol. The summed E-state index contributed by atoms with van der Waals surface area (Å²) >= 11 is 4.27. The highest BCUT2D eigenvalue weighted by atomic mass is 32.1. The second kappa shape index (κ2) is 5.86. The van der Waals surface area contributed by atoms with Gasteiger partial charge in [0.1, 0.15) is 0 Å². The van der Waals surface area contributed by atoms with E-state index in [1.807, 2.05) is 38.1 Å². The van der Waals surface area contributed by atoms with Crippen LogP contribution in [0.5, 0.6) is 0 Å². The summed E-state index contributed by atoms with van der Waals surface area (Å²) in [6.45, 7) is 3.81. The minimum Gasteiger partial charge on any atom is -0.399 e. The van der Waals surface area contributed by atoms with Gasteiger partial charge in [-0.25, -0.2) is 0 Å². The van der Waals surface area contributed by atoms with Gasteiger partial charge in [-0.15, -0.1) is 0 Å². The average molecular weight is 167 g/mol. The number of hydrogen-bond acceptors (Lipinski definition) is 2. The summed E-state index contributed by atoms with van der Waals surface area (Å²) in [6.07, 6.45) is 0. The molecule has 0 aliphatic heterocycles. The normalized spacial score (nSPS) is 7.82. The zero-order valence-corrected chi connectivity index (χ0v) is 7.69. The van der Waals surface area contributed by atoms with Crippen LogP contribution in [-0.4, -0.2) is 5.37 Å². The molecule has 0 radical (unpaired) electrons. The third-order valence-corrected chi connectivity index (χ3v) is 1.19. The molecule has 0 unspecified atom stereocenters. The van der Waals surface area contributed by atoms with Crippen LogP contribution in [0, 0.1) is 6.92 Å². The number of nitrogen functional groups attached to an aromatic ring is 1. The van der Waals surface area contributed by atoms with E-state index in [0.717, 1.165) is 11.3 Å². The zero-order valence-electron chi connectivity index (χ0n) is 6.87. The molecule has 0 fully saturated rings. The van der Waals surface area contributed by atoms with Crippen LogP contribution in [0.2, 0.25) is 0 Å². The lowest BCUT2D eigenvalue weighted by atomic mass is 10.2. The molecule has 0 amide bonds. The molecule has 0 saturated carbocycles. The number of benzene rings is 1. The predicted octanol–water partition coefficient (Wildman–Crippen LogP) is 2.58. The van der Waals surface area contributed by atoms with Crippen molar-refractivity contribution < 1.29 is 0 Å². The van der Waals surface area contributed by atoms with Crippen molar-refractivity contribution >= 4 is 23.3 Å². The first-order valence-corrected chi connectivity index (χ1v) is 3.90. The van der Waals surface area contributed by atoms with Crippen LogP contribution >= 0.6 is 12.2 Å². The number of rotatable bonds is 0. The fourth-order valence-electron chi connectivity index (χ4n) is 0.587. The van der Waals surface area contributed by atoms with Crippen LogP contribution in [0.4, 0.5) is 5.69 Å². The Balaban J connectivity index is 0.000000292. The van der Waals surface area contributed by atoms with Gasteiger partial charge in [0.05, 0.1) is 0 Å². The van der Waals surface area contributed by atoms with Crippen LogP contribution in [0.25, 0.3) is 0 Å². The fourth-order valence-corrected chi connectivity index (χ4v) is 0.587. The Hall–Kier alpha value is -0.890. The van der Waals surface area contributed by atoms with Crippen molar-refractivity contribution in [1.29, 1.82) is 0 Å². The number of anilines is 1. The minimum absolute atomic E-state index is 0.868. The number of aryl methyl sites for hydroxylation is 1. The molecule has 0 aliphatic rings. The van der Waals surface area contributed by atoms with Crippen LogP contribution in [0.3, 0.4) is 0 Å². The van der Waals surface area contributed by atoms with Crippen molar-refractivity contribution in [1.82, 2.24) is 0 Å². The molecule has 0 atom stereocenters. The van der Waals surface area contributed by atoms with Gasteiger partial charge in [0.15, 0.2) is 0 Å². The van der Waals surface area contributed by atoms with E-state index in [-0.39, 0.29) is 0 Å². The Kier molecular flexibility index (Phi) is 5.39. The molecule has 2 heteroatoms. The molecule has 0 aliphatic carbocycles. The smallest absolute Gasteiger partial charge is 0.0343 e. The first-order chi connectivity index (χ1) is 5.22. The maximum Gasteiger partial charge on any atom is 0.0343 e. The van der Waals surface area contributed by atoms with Crippen molar-refractivity contribution in [3.05, 3.63) is 29.8 Å². The first-order valence-electron chi connectivity index (χ1n) is 3.43. The van der Waals surface area contributed by atoms with Crippen LogP contribution in [0.1, 0.15) is 12.5 Å². The highest BCUT2D eigenvalue weighted by molar-refractivity contribution is 7.78. The van der Waals surface area contributed by atoms with Crippen molar-refractivity contribution in [2.45, 2.75) is 13.8 Å². The van der Waals surface area contributed by atoms with E-state index in [4.69, 9.17) is 5.73 Å². The van der Waals surface area contributed by atoms with Crippen LogP contribution in [0.15, 0.2) is 24.3 Å². The maximum atomic E-state index is 5.52. The summed E-state index contributed by atoms with van der Waals surface area (Å²) in [4.78, 5) is 0. The van der Waals surface area contributed by atoms with Gasteiger partial charge in [-0.3, -0.25) is 0 Å². The quantitative estimate of drug-likeness (QED) is 0.475. The minimum atomic E-state index is 0.868. The number of thiocarbonyl (C=S) groups is 1. The molecule has 1 aromatic rings. The van der Waals surface area contributed by atoms with E-state index in [0.29, 0.717) is 0 Å². The lowest BCUT2D eigenvalue weighted by Gasteiger charge is -1.93. The lowest BCUT2D eigenvalue weighted by Crippen LogP contribution is -1.85. The summed E-state index contributed by atoms with van der Waals surface area (Å²) in [7, 11) is 0. The van der Waals surface area contributed by atoms with Gasteiger partial charge >= 0.3 is 0 Å². The topological polar surface area (TPSA) is 26.0 Å². The van der Waals surface area contributed by atoms with E-state index >= 15 is 0 Å². The van der Waals surface area contributed by atoms with Gasteiger partial charge in [0.25, 0.3) is 0 Å². The zero-order chi connectivity index (χ0) is 8.69. The average Bonchev–Trinajstić information content (AvgIpc) is 1.97. The van der Waals surface area contributed by atoms with Gasteiger partial charge in [-0.05, 0) is 30.8 Å². The third-order valence-electron chi connectivity index (χ3n) is 1.19. The van der Waals surface area contributed by atoms with Crippen molar-refractivity contribution in [3.63, 3.8) is 0 Å². The molecule has 0 spiro atoms. The molecular weight excluding hydrogens is 154 g/mol. The Morgan fingerprint density at radius 1 is 1.36 bits per heavy atom. The summed E-state index contributed by atoms with van der Waals surface area (Å²) in [5.74, 6) is 0. The highest BCUT2D eigenvalue weighted by Gasteiger charge is 1.84. The molecule has 60 valence electrons. The van der Waals surface area contributed by atoms with E-state index in [9.17, 15) is 0 Å². The summed E-state index contributed by atoms with van der Waals surface area (Å²) in [5, 5.41) is 1.58. The lowest BCUT2D eigenvalue weighted by molar-refractivity contribution is 1.47. The highest BCUT2D eigenvalue weighted by Crippen LogP contribution is 2.06. The molecule has 0 saturated heterocycles. The van der Waals surface area contributed by atoms with E-state index in [2.05, 4.69) is 12.2 Å². The third kappa shape index (κ3) is 4.51. The molecule has 0 aromatic heterocycles. The van der Waals surface area contributed by atoms with E-state index in [1.54, 1.807) is 5.37 Å². The summed E-state index contributed by atoms with van der Waals surface area (Å²) in [6, 6.07) is 7.80. The second-order valence-corrected chi connectivity index (χ2v) is 2.56. The van der Waals surface area contributed by atoms with Gasteiger partial charge in [-0.2, -0.15) is 0 Å². The van der Waals surface area contributed by atoms with Crippen molar-refractivity contribution in [2.24, 2.45) is 0 Å². The Morgan fingerprint density at radius 2 is 1.82 bits per heavy atom. The van der Waals surface area contributed by atoms with Crippen LogP contribution in [-0.2, 0) is 0 Å². The fraction of sp³-hybridized carbons (Fsp3) is 0.222. The van der Waals surface area contributed by atoms with Gasteiger partial charge < -0.3 is 5.73 Å². The number of para-hydroxylation sites is 1. The SMILES string of the molecule is CC=S.Cc1ccccc1N. The van der Waals surface area contributed by atoms with Crippen molar-refractivity contribution in [3.8, 4) is 0 Å². The summed E-state index contributed by atoms with van der Waals surface area (Å²) < 4.78 is 0.